The third-order valence-corrected chi connectivity index (χ3v) is 11.2. The zero-order valence-corrected chi connectivity index (χ0v) is 16.2. The van der Waals surface area contributed by atoms with Crippen LogP contribution in [-0.4, -0.2) is 59.4 Å². The van der Waals surface area contributed by atoms with Crippen LogP contribution in [0.5, 0.6) is 0 Å². The predicted molar refractivity (Wildman–Crippen MR) is 62.5 cm³/mol. The van der Waals surface area contributed by atoms with E-state index in [1.165, 1.54) is 0 Å². The molecule has 0 aromatic carbocycles. The number of unbranched alkanes of at least 4 members (excludes halogenated alkanes) is 1. The molecule has 0 spiro atoms. The van der Waals surface area contributed by atoms with Gasteiger partial charge in [-0.25, -0.2) is 0 Å². The normalized spacial score (nSPS) is 14.5. The van der Waals surface area contributed by atoms with Crippen molar-refractivity contribution in [3.63, 3.8) is 0 Å². The summed E-state index contributed by atoms with van der Waals surface area (Å²) in [5.74, 6) is 0. The van der Waals surface area contributed by atoms with Crippen molar-refractivity contribution >= 4 is 51.8 Å². The molecular formula is C6H8F6Ge2O6S2. The van der Waals surface area contributed by atoms with Crippen LogP contribution in [-0.2, 0) is 26.7 Å². The van der Waals surface area contributed by atoms with Crippen LogP contribution in [0.25, 0.3) is 0 Å². The van der Waals surface area contributed by atoms with Gasteiger partial charge in [-0.2, -0.15) is 0 Å². The summed E-state index contributed by atoms with van der Waals surface area (Å²) in [6.07, 6.45) is 0.286. The molecule has 22 heavy (non-hydrogen) atoms. The summed E-state index contributed by atoms with van der Waals surface area (Å²) in [4.78, 5) is 0. The molecule has 0 bridgehead atoms. The zero-order valence-electron chi connectivity index (χ0n) is 10.4. The minimum absolute atomic E-state index is 0.0351. The van der Waals surface area contributed by atoms with E-state index in [9.17, 15) is 43.2 Å². The molecule has 0 aliphatic heterocycles. The van der Waals surface area contributed by atoms with Crippen molar-refractivity contribution < 1.29 is 49.6 Å². The van der Waals surface area contributed by atoms with Crippen LogP contribution >= 0.6 is 0 Å². The molecule has 6 nitrogen and oxygen atoms in total. The Kier molecular flexibility index (Phi) is 8.22. The first-order valence-electron chi connectivity index (χ1n) is 5.16. The number of rotatable bonds is 8. The summed E-state index contributed by atoms with van der Waals surface area (Å²) >= 11 is -2.99. The van der Waals surface area contributed by atoms with Crippen LogP contribution in [0.1, 0.15) is 12.8 Å². The van der Waals surface area contributed by atoms with Crippen molar-refractivity contribution in [3.05, 3.63) is 0 Å². The monoisotopic (exact) mass is 502 g/mol. The summed E-state index contributed by atoms with van der Waals surface area (Å²) in [5.41, 5.74) is -11.8. The first-order chi connectivity index (χ1) is 9.64. The number of halogens is 6. The molecule has 0 atom stereocenters. The van der Waals surface area contributed by atoms with Crippen molar-refractivity contribution in [2.45, 2.75) is 34.4 Å². The van der Waals surface area contributed by atoms with Crippen molar-refractivity contribution in [3.8, 4) is 0 Å². The second-order valence-electron chi connectivity index (χ2n) is 3.55. The first kappa shape index (κ1) is 22.5. The van der Waals surface area contributed by atoms with E-state index in [1.54, 1.807) is 16.5 Å². The third-order valence-electron chi connectivity index (χ3n) is 1.78. The van der Waals surface area contributed by atoms with E-state index < -0.39 is 51.5 Å². The van der Waals surface area contributed by atoms with Gasteiger partial charge in [-0.1, -0.05) is 0 Å². The van der Waals surface area contributed by atoms with Gasteiger partial charge in [-0.05, 0) is 0 Å². The van der Waals surface area contributed by atoms with Gasteiger partial charge < -0.3 is 0 Å². The number of hydrogen-bond acceptors (Lipinski definition) is 6. The molecule has 4 radical (unpaired) electrons. The Balaban J connectivity index is 5.24. The van der Waals surface area contributed by atoms with Crippen LogP contribution in [0.15, 0.2) is 0 Å². The van der Waals surface area contributed by atoms with E-state index in [2.05, 4.69) is 6.42 Å². The average Bonchev–Trinajstić information content (AvgIpc) is 2.24. The van der Waals surface area contributed by atoms with Gasteiger partial charge >= 0.3 is 136 Å². The van der Waals surface area contributed by atoms with Gasteiger partial charge in [-0.15, -0.1) is 0 Å². The summed E-state index contributed by atoms with van der Waals surface area (Å²) in [6, 6.07) is 0. The van der Waals surface area contributed by atoms with Gasteiger partial charge in [0.2, 0.25) is 0 Å². The van der Waals surface area contributed by atoms with Crippen LogP contribution in [0.3, 0.4) is 0 Å². The van der Waals surface area contributed by atoms with E-state index in [-0.39, 0.29) is 6.42 Å². The van der Waals surface area contributed by atoms with E-state index in [4.69, 9.17) is 0 Å². The Labute approximate surface area is 135 Å². The number of hydrogen-bond donors (Lipinski definition) is 0. The molecule has 0 N–H and O–H groups in total. The van der Waals surface area contributed by atoms with Crippen LogP contribution in [0, 0.1) is 0 Å². The van der Waals surface area contributed by atoms with Crippen molar-refractivity contribution in [1.29, 1.82) is 0 Å². The standard InChI is InChI=1S/C6H8F6Ge2O6S2/c7-5(8,9)21(15,16)19-14(4-2-1-3-13)20-22(17,18)6(10,11)12/h1-4H2. The Hall–Kier alpha value is 0.486. The maximum atomic E-state index is 12.1. The number of alkyl halides is 6. The Morgan fingerprint density at radius 1 is 0.818 bits per heavy atom. The SMILES string of the molecule is O=S(=O)([O][Ge]([CH2]CC[CH2][Ge])[O]S(=O)(=O)C(F)(F)F)C(F)(F)F. The van der Waals surface area contributed by atoms with Gasteiger partial charge in [0.05, 0.1) is 0 Å². The van der Waals surface area contributed by atoms with Crippen LogP contribution in [0.2, 0.25) is 10.5 Å². The van der Waals surface area contributed by atoms with E-state index in [0.717, 1.165) is 0 Å². The van der Waals surface area contributed by atoms with Crippen molar-refractivity contribution in [1.82, 2.24) is 0 Å². The molecule has 0 aromatic rings. The zero-order chi connectivity index (χ0) is 17.8. The molecule has 0 aliphatic carbocycles. The van der Waals surface area contributed by atoms with Crippen LogP contribution < -0.4 is 0 Å². The molecule has 16 heteroatoms. The summed E-state index contributed by atoms with van der Waals surface area (Å²) in [6.45, 7) is 0. The van der Waals surface area contributed by atoms with Gasteiger partial charge in [0, 0.05) is 0 Å². The molecule has 130 valence electrons. The Bertz CT molecular complexity index is 509. The summed E-state index contributed by atoms with van der Waals surface area (Å²) < 4.78 is 123. The average molecular weight is 499 g/mol. The molecule has 0 rings (SSSR count). The molecule has 0 heterocycles. The van der Waals surface area contributed by atoms with Gasteiger partial charge in [0.25, 0.3) is 0 Å². The molecule has 0 saturated carbocycles. The molecule has 0 unspecified atom stereocenters. The maximum absolute atomic E-state index is 12.1. The third kappa shape index (κ3) is 6.94. The molecule has 0 saturated heterocycles. The van der Waals surface area contributed by atoms with Crippen molar-refractivity contribution in [2.75, 3.05) is 0 Å². The van der Waals surface area contributed by atoms with Gasteiger partial charge in [-0.3, -0.25) is 0 Å². The first-order valence-corrected chi connectivity index (χ1v) is 12.7. The quantitative estimate of drug-likeness (QED) is 0.218. The second-order valence-corrected chi connectivity index (χ2v) is 12.4. The van der Waals surface area contributed by atoms with E-state index in [1.807, 2.05) is 0 Å². The Morgan fingerprint density at radius 3 is 1.45 bits per heavy atom. The fourth-order valence-electron chi connectivity index (χ4n) is 0.831. The fourth-order valence-corrected chi connectivity index (χ4v) is 9.29. The van der Waals surface area contributed by atoms with Crippen molar-refractivity contribution in [2.24, 2.45) is 0 Å². The summed E-state index contributed by atoms with van der Waals surface area (Å²) in [5, 5.41) is -0.123. The van der Waals surface area contributed by atoms with Gasteiger partial charge in [0.1, 0.15) is 0 Å². The topological polar surface area (TPSA) is 86.7 Å². The van der Waals surface area contributed by atoms with Crippen LogP contribution in [0.4, 0.5) is 26.3 Å². The van der Waals surface area contributed by atoms with Gasteiger partial charge in [0.15, 0.2) is 0 Å². The minimum atomic E-state index is -6.23. The molecular weight excluding hydrogens is 491 g/mol. The molecule has 0 fully saturated rings. The summed E-state index contributed by atoms with van der Waals surface area (Å²) in [7, 11) is -12.5. The van der Waals surface area contributed by atoms with E-state index >= 15 is 0 Å². The molecule has 0 aliphatic rings. The predicted octanol–water partition coefficient (Wildman–Crippen LogP) is 1.57. The molecule has 0 aromatic heterocycles. The second kappa shape index (κ2) is 8.04. The van der Waals surface area contributed by atoms with E-state index in [0.29, 0.717) is 11.7 Å². The molecule has 0 amide bonds. The fraction of sp³-hybridized carbons (Fsp3) is 1.00. The Morgan fingerprint density at radius 2 is 1.18 bits per heavy atom.